The van der Waals surface area contributed by atoms with Crippen LogP contribution in [0, 0.1) is 6.92 Å². The highest BCUT2D eigenvalue weighted by atomic mass is 16.5. The number of hydrogen-bond donors (Lipinski definition) is 2. The third-order valence-electron chi connectivity index (χ3n) is 4.06. The first-order valence-electron chi connectivity index (χ1n) is 8.37. The molecule has 1 fully saturated rings. The Bertz CT molecular complexity index is 437. The first kappa shape index (κ1) is 17.0. The zero-order chi connectivity index (χ0) is 15.8. The summed E-state index contributed by atoms with van der Waals surface area (Å²) in [5, 5.41) is 3.24. The fourth-order valence-electron chi connectivity index (χ4n) is 2.69. The van der Waals surface area contributed by atoms with E-state index < -0.39 is 0 Å². The molecule has 0 bridgehead atoms. The standard InChI is InChI=1S/C16H29N5O/c1-3-4-7-18-16-19-13(2)14(15(17)20-16)6-5-8-21-9-11-22-12-10-21/h3-12H2,1-2H3,(H3,17,18,19,20). The van der Waals surface area contributed by atoms with Crippen LogP contribution in [0.2, 0.25) is 0 Å². The molecule has 6 heteroatoms. The molecule has 22 heavy (non-hydrogen) atoms. The maximum absolute atomic E-state index is 6.12. The van der Waals surface area contributed by atoms with Crippen LogP contribution in [0.3, 0.4) is 0 Å². The molecule has 3 N–H and O–H groups in total. The van der Waals surface area contributed by atoms with Gasteiger partial charge in [-0.25, -0.2) is 4.98 Å². The summed E-state index contributed by atoms with van der Waals surface area (Å²) >= 11 is 0. The number of nitrogens with zero attached hydrogens (tertiary/aromatic N) is 3. The van der Waals surface area contributed by atoms with Gasteiger partial charge in [-0.2, -0.15) is 4.98 Å². The van der Waals surface area contributed by atoms with E-state index in [-0.39, 0.29) is 0 Å². The van der Waals surface area contributed by atoms with Crippen molar-refractivity contribution in [1.82, 2.24) is 14.9 Å². The number of ether oxygens (including phenoxy) is 1. The molecule has 1 aromatic heterocycles. The molecular weight excluding hydrogens is 278 g/mol. The molecule has 6 nitrogen and oxygen atoms in total. The third-order valence-corrected chi connectivity index (χ3v) is 4.06. The highest BCUT2D eigenvalue weighted by Gasteiger charge is 2.12. The van der Waals surface area contributed by atoms with Crippen molar-refractivity contribution in [3.8, 4) is 0 Å². The highest BCUT2D eigenvalue weighted by molar-refractivity contribution is 5.46. The lowest BCUT2D eigenvalue weighted by atomic mass is 10.1. The Labute approximate surface area is 133 Å². The molecule has 1 aliphatic heterocycles. The Balaban J connectivity index is 1.84. The van der Waals surface area contributed by atoms with E-state index in [0.29, 0.717) is 11.8 Å². The molecule has 0 unspecified atom stereocenters. The van der Waals surface area contributed by atoms with Crippen LogP contribution in [0.1, 0.15) is 37.4 Å². The van der Waals surface area contributed by atoms with E-state index in [4.69, 9.17) is 10.5 Å². The lowest BCUT2D eigenvalue weighted by Crippen LogP contribution is -2.37. The highest BCUT2D eigenvalue weighted by Crippen LogP contribution is 2.17. The molecule has 0 aliphatic carbocycles. The quantitative estimate of drug-likeness (QED) is 0.714. The number of rotatable bonds is 8. The normalized spacial score (nSPS) is 15.9. The van der Waals surface area contributed by atoms with Gasteiger partial charge in [0, 0.05) is 30.9 Å². The van der Waals surface area contributed by atoms with Gasteiger partial charge in [-0.1, -0.05) is 13.3 Å². The number of nitrogens with two attached hydrogens (primary N) is 1. The van der Waals surface area contributed by atoms with Gasteiger partial charge in [0.25, 0.3) is 0 Å². The third kappa shape index (κ3) is 5.10. The Hall–Kier alpha value is -1.40. The van der Waals surface area contributed by atoms with E-state index >= 15 is 0 Å². The summed E-state index contributed by atoms with van der Waals surface area (Å²) in [6.45, 7) is 9.93. The van der Waals surface area contributed by atoms with Gasteiger partial charge in [0.1, 0.15) is 5.82 Å². The molecule has 124 valence electrons. The lowest BCUT2D eigenvalue weighted by molar-refractivity contribution is 0.0374. The van der Waals surface area contributed by atoms with Crippen molar-refractivity contribution in [2.75, 3.05) is 50.4 Å². The van der Waals surface area contributed by atoms with Crippen molar-refractivity contribution in [1.29, 1.82) is 0 Å². The molecule has 0 aromatic carbocycles. The van der Waals surface area contributed by atoms with Crippen LogP contribution in [0.5, 0.6) is 0 Å². The number of aryl methyl sites for hydroxylation is 1. The molecule has 2 rings (SSSR count). The zero-order valence-corrected chi connectivity index (χ0v) is 13.9. The number of anilines is 2. The summed E-state index contributed by atoms with van der Waals surface area (Å²) < 4.78 is 5.37. The molecule has 0 atom stereocenters. The fraction of sp³-hybridized carbons (Fsp3) is 0.750. The molecule has 1 saturated heterocycles. The average molecular weight is 307 g/mol. The van der Waals surface area contributed by atoms with E-state index in [9.17, 15) is 0 Å². The minimum absolute atomic E-state index is 0.619. The summed E-state index contributed by atoms with van der Waals surface area (Å²) in [4.78, 5) is 11.4. The minimum atomic E-state index is 0.619. The van der Waals surface area contributed by atoms with E-state index in [1.807, 2.05) is 6.92 Å². The monoisotopic (exact) mass is 307 g/mol. The van der Waals surface area contributed by atoms with Crippen LogP contribution >= 0.6 is 0 Å². The molecule has 0 radical (unpaired) electrons. The van der Waals surface area contributed by atoms with Crippen LogP contribution in [-0.4, -0.2) is 54.3 Å². The Morgan fingerprint density at radius 1 is 1.23 bits per heavy atom. The largest absolute Gasteiger partial charge is 0.383 e. The van der Waals surface area contributed by atoms with Crippen LogP contribution in [-0.2, 0) is 11.2 Å². The van der Waals surface area contributed by atoms with Crippen LogP contribution in [0.4, 0.5) is 11.8 Å². The van der Waals surface area contributed by atoms with E-state index in [2.05, 4.69) is 27.1 Å². The Kier molecular flexibility index (Phi) is 6.86. The number of hydrogen-bond acceptors (Lipinski definition) is 6. The average Bonchev–Trinajstić information content (AvgIpc) is 2.51. The van der Waals surface area contributed by atoms with Gasteiger partial charge in [0.2, 0.25) is 5.95 Å². The minimum Gasteiger partial charge on any atom is -0.383 e. The summed E-state index contributed by atoms with van der Waals surface area (Å²) in [6.07, 6.45) is 4.28. The summed E-state index contributed by atoms with van der Waals surface area (Å²) in [7, 11) is 0. The number of morpholine rings is 1. The van der Waals surface area contributed by atoms with E-state index in [0.717, 1.165) is 76.3 Å². The SMILES string of the molecule is CCCCNc1nc(C)c(CCCN2CCOCC2)c(N)n1. The number of nitrogen functional groups attached to an aromatic ring is 1. The van der Waals surface area contributed by atoms with E-state index in [1.165, 1.54) is 0 Å². The van der Waals surface area contributed by atoms with Gasteiger partial charge in [-0.15, -0.1) is 0 Å². The molecule has 2 heterocycles. The lowest BCUT2D eigenvalue weighted by Gasteiger charge is -2.26. The van der Waals surface area contributed by atoms with Crippen molar-refractivity contribution < 1.29 is 4.74 Å². The fourth-order valence-corrected chi connectivity index (χ4v) is 2.69. The van der Waals surface area contributed by atoms with Crippen LogP contribution in [0.15, 0.2) is 0 Å². The molecular formula is C16H29N5O. The predicted molar refractivity (Wildman–Crippen MR) is 90.2 cm³/mol. The van der Waals surface area contributed by atoms with Gasteiger partial charge >= 0.3 is 0 Å². The topological polar surface area (TPSA) is 76.3 Å². The first-order chi connectivity index (χ1) is 10.7. The van der Waals surface area contributed by atoms with E-state index in [1.54, 1.807) is 0 Å². The van der Waals surface area contributed by atoms with Crippen molar-refractivity contribution in [2.45, 2.75) is 39.5 Å². The van der Waals surface area contributed by atoms with Gasteiger partial charge in [0.05, 0.1) is 13.2 Å². The maximum Gasteiger partial charge on any atom is 0.224 e. The Morgan fingerprint density at radius 3 is 2.68 bits per heavy atom. The first-order valence-corrected chi connectivity index (χ1v) is 8.37. The van der Waals surface area contributed by atoms with Gasteiger partial charge < -0.3 is 15.8 Å². The summed E-state index contributed by atoms with van der Waals surface area (Å²) in [5.41, 5.74) is 8.21. The predicted octanol–water partition coefficient (Wildman–Crippen LogP) is 1.84. The van der Waals surface area contributed by atoms with Crippen molar-refractivity contribution >= 4 is 11.8 Å². The maximum atomic E-state index is 6.12. The van der Waals surface area contributed by atoms with Gasteiger partial charge in [-0.05, 0) is 32.7 Å². The van der Waals surface area contributed by atoms with Crippen LogP contribution < -0.4 is 11.1 Å². The number of nitrogens with one attached hydrogen (secondary N) is 1. The second kappa shape index (κ2) is 8.90. The molecule has 0 saturated carbocycles. The molecule has 1 aliphatic rings. The smallest absolute Gasteiger partial charge is 0.224 e. The van der Waals surface area contributed by atoms with Crippen LogP contribution in [0.25, 0.3) is 0 Å². The van der Waals surface area contributed by atoms with Gasteiger partial charge in [-0.3, -0.25) is 4.90 Å². The van der Waals surface area contributed by atoms with Crippen molar-refractivity contribution in [3.05, 3.63) is 11.3 Å². The molecule has 0 spiro atoms. The molecule has 0 amide bonds. The van der Waals surface area contributed by atoms with Gasteiger partial charge in [0.15, 0.2) is 0 Å². The second-order valence-corrected chi connectivity index (χ2v) is 5.83. The zero-order valence-electron chi connectivity index (χ0n) is 13.9. The summed E-state index contributed by atoms with van der Waals surface area (Å²) in [5.74, 6) is 1.27. The van der Waals surface area contributed by atoms with Crippen molar-refractivity contribution in [3.63, 3.8) is 0 Å². The molecule has 1 aromatic rings. The second-order valence-electron chi connectivity index (χ2n) is 5.83. The summed E-state index contributed by atoms with van der Waals surface area (Å²) in [6, 6.07) is 0. The van der Waals surface area contributed by atoms with Crippen molar-refractivity contribution in [2.24, 2.45) is 0 Å². The Morgan fingerprint density at radius 2 is 2.00 bits per heavy atom. The number of unbranched alkanes of at least 4 members (excludes halogenated alkanes) is 1. The number of aromatic nitrogens is 2.